The lowest BCUT2D eigenvalue weighted by molar-refractivity contribution is 0.255. The molecule has 5 heteroatoms. The number of hydrogen-bond acceptors (Lipinski definition) is 1. The third-order valence-corrected chi connectivity index (χ3v) is 21.4. The van der Waals surface area contributed by atoms with Crippen LogP contribution in [0.25, 0.3) is 10.8 Å². The van der Waals surface area contributed by atoms with Gasteiger partial charge in [-0.25, -0.2) is 4.79 Å². The number of carbonyl (C=O) groups is 1. The van der Waals surface area contributed by atoms with Gasteiger partial charge in [-0.2, -0.15) is 0 Å². The lowest BCUT2D eigenvalue weighted by Crippen LogP contribution is -2.79. The molecule has 52 heavy (non-hydrogen) atoms. The first-order valence-corrected chi connectivity index (χ1v) is 21.9. The van der Waals surface area contributed by atoms with Crippen molar-refractivity contribution in [2.75, 3.05) is 9.80 Å². The summed E-state index contributed by atoms with van der Waals surface area (Å²) in [6.45, 7) is 0. The van der Waals surface area contributed by atoms with E-state index in [-0.39, 0.29) is 6.03 Å². The number of anilines is 4. The van der Waals surface area contributed by atoms with E-state index in [1.807, 2.05) is 0 Å². The normalized spacial score (nSPS) is 15.6. The van der Waals surface area contributed by atoms with Gasteiger partial charge in [-0.1, -0.05) is 182 Å². The average Bonchev–Trinajstić information content (AvgIpc) is 3.22. The van der Waals surface area contributed by atoms with E-state index in [1.165, 1.54) is 41.5 Å². The lowest BCUT2D eigenvalue weighted by Gasteiger charge is -2.51. The third-order valence-electron chi connectivity index (χ3n) is 11.7. The number of benzene rings is 8. The quantitative estimate of drug-likeness (QED) is 0.219. The molecule has 3 heterocycles. The first-order chi connectivity index (χ1) is 25.8. The van der Waals surface area contributed by atoms with E-state index < -0.39 is 16.1 Å². The van der Waals surface area contributed by atoms with Gasteiger partial charge in [0.05, 0.1) is 22.7 Å². The molecule has 0 radical (unpaired) electrons. The Morgan fingerprint density at radius 3 is 1.02 bits per heavy atom. The van der Waals surface area contributed by atoms with Gasteiger partial charge in [-0.3, -0.25) is 9.80 Å². The smallest absolute Gasteiger partial charge is 0.262 e. The molecule has 0 aromatic heterocycles. The van der Waals surface area contributed by atoms with Crippen molar-refractivity contribution in [1.82, 2.24) is 0 Å². The Morgan fingerprint density at radius 2 is 0.654 bits per heavy atom. The highest BCUT2D eigenvalue weighted by Crippen LogP contribution is 2.49. The van der Waals surface area contributed by atoms with E-state index in [1.54, 1.807) is 0 Å². The van der Waals surface area contributed by atoms with E-state index in [0.717, 1.165) is 33.5 Å². The Morgan fingerprint density at radius 1 is 0.327 bits per heavy atom. The number of para-hydroxylation sites is 2. The van der Waals surface area contributed by atoms with E-state index in [4.69, 9.17) is 0 Å². The van der Waals surface area contributed by atoms with Gasteiger partial charge >= 0.3 is 6.03 Å². The van der Waals surface area contributed by atoms with Gasteiger partial charge in [0.25, 0.3) is 0 Å². The summed E-state index contributed by atoms with van der Waals surface area (Å²) in [6.07, 6.45) is 0. The molecular weight excluding hydrogens is 665 g/mol. The molecule has 8 aromatic carbocycles. The van der Waals surface area contributed by atoms with E-state index in [9.17, 15) is 0 Å². The number of hydrogen-bond donors (Lipinski definition) is 0. The Balaban J connectivity index is 1.37. The molecule has 2 amide bonds. The summed E-state index contributed by atoms with van der Waals surface area (Å²) in [4.78, 5) is 19.8. The molecule has 0 N–H and O–H groups in total. The molecule has 3 nitrogen and oxygen atoms in total. The Bertz CT molecular complexity index is 2460. The molecule has 0 saturated carbocycles. The fourth-order valence-electron chi connectivity index (χ4n) is 9.78. The minimum Gasteiger partial charge on any atom is -0.262 e. The molecule has 8 aromatic rings. The highest BCUT2D eigenvalue weighted by atomic mass is 28.3. The lowest BCUT2D eigenvalue weighted by atomic mass is 10.0. The molecule has 0 fully saturated rings. The molecule has 0 atom stereocenters. The zero-order chi connectivity index (χ0) is 34.4. The SMILES string of the molecule is O=C1N2c3ccccc3[Si](c3ccccc3)(c3ccccc3)c3ccc4ccc5c(c4c32)N1c1ccccc1[Si]5(c1ccccc1)c1ccccc1. The van der Waals surface area contributed by atoms with Gasteiger partial charge in [0.2, 0.25) is 0 Å². The molecule has 0 bridgehead atoms. The predicted octanol–water partition coefficient (Wildman–Crippen LogP) is 5.63. The Labute approximate surface area is 304 Å². The molecule has 0 spiro atoms. The van der Waals surface area contributed by atoms with Gasteiger partial charge in [0.1, 0.15) is 0 Å². The van der Waals surface area contributed by atoms with Crippen LogP contribution in [-0.2, 0) is 0 Å². The topological polar surface area (TPSA) is 23.6 Å². The second-order valence-electron chi connectivity index (χ2n) is 14.0. The van der Waals surface area contributed by atoms with Gasteiger partial charge in [-0.15, -0.1) is 0 Å². The number of amides is 2. The molecule has 0 aliphatic carbocycles. The molecule has 3 aliphatic rings. The highest BCUT2D eigenvalue weighted by molar-refractivity contribution is 7.22. The van der Waals surface area contributed by atoms with Gasteiger partial charge in [-0.05, 0) is 59.0 Å². The molecule has 244 valence electrons. The van der Waals surface area contributed by atoms with Crippen molar-refractivity contribution in [1.29, 1.82) is 0 Å². The van der Waals surface area contributed by atoms with Crippen molar-refractivity contribution >= 4 is 97.2 Å². The monoisotopic (exact) mass is 696 g/mol. The third kappa shape index (κ3) is 3.56. The van der Waals surface area contributed by atoms with Crippen LogP contribution in [0.4, 0.5) is 27.5 Å². The highest BCUT2D eigenvalue weighted by Gasteiger charge is 2.56. The second-order valence-corrected chi connectivity index (χ2v) is 21.4. The number of nitrogens with zero attached hydrogens (tertiary/aromatic N) is 2. The standard InChI is InChI=1S/C47H32N2OSi2/c50-47-48-38-25-13-15-27-40(38)51(34-17-5-1-6-18-34,35-19-7-2-8-20-35)42-31-29-33-30-32-43-46(44(33)45(42)48)49(47)39-26-14-16-28-41(39)52(43,36-21-9-3-10-22-36)37-23-11-4-12-24-37/h1-32H. The van der Waals surface area contributed by atoms with Crippen LogP contribution in [0.15, 0.2) is 194 Å². The fourth-order valence-corrected chi connectivity index (χ4v) is 20.0. The van der Waals surface area contributed by atoms with Crippen LogP contribution in [0.5, 0.6) is 0 Å². The van der Waals surface area contributed by atoms with E-state index in [0.29, 0.717) is 0 Å². The number of carbonyl (C=O) groups excluding carboxylic acids is 1. The fraction of sp³-hybridized carbons (Fsp3) is 0. The minimum absolute atomic E-state index is 0.0268. The van der Waals surface area contributed by atoms with Crippen molar-refractivity contribution in [3.8, 4) is 0 Å². The summed E-state index contributed by atoms with van der Waals surface area (Å²) in [5.41, 5.74) is 4.02. The zero-order valence-electron chi connectivity index (χ0n) is 28.3. The average molecular weight is 697 g/mol. The van der Waals surface area contributed by atoms with Crippen LogP contribution in [0.2, 0.25) is 0 Å². The maximum absolute atomic E-state index is 15.7. The van der Waals surface area contributed by atoms with Gasteiger partial charge in [0, 0.05) is 5.39 Å². The molecule has 0 saturated heterocycles. The van der Waals surface area contributed by atoms with Crippen molar-refractivity contribution < 1.29 is 4.79 Å². The summed E-state index contributed by atoms with van der Waals surface area (Å²) in [6, 6.07) is 70.8. The molecule has 3 aliphatic heterocycles. The van der Waals surface area contributed by atoms with Crippen molar-refractivity contribution in [2.45, 2.75) is 0 Å². The first-order valence-electron chi connectivity index (χ1n) is 17.9. The predicted molar refractivity (Wildman–Crippen MR) is 221 cm³/mol. The molecule has 11 rings (SSSR count). The zero-order valence-corrected chi connectivity index (χ0v) is 30.3. The number of urea groups is 1. The van der Waals surface area contributed by atoms with E-state index in [2.05, 4.69) is 204 Å². The van der Waals surface area contributed by atoms with Crippen LogP contribution in [0, 0.1) is 0 Å². The van der Waals surface area contributed by atoms with Crippen LogP contribution in [-0.4, -0.2) is 22.2 Å². The van der Waals surface area contributed by atoms with Crippen LogP contribution in [0.3, 0.4) is 0 Å². The van der Waals surface area contributed by atoms with Crippen molar-refractivity contribution in [3.05, 3.63) is 194 Å². The summed E-state index contributed by atoms with van der Waals surface area (Å²) in [5.74, 6) is 0. The maximum Gasteiger partial charge on any atom is 0.338 e. The van der Waals surface area contributed by atoms with Crippen molar-refractivity contribution in [3.63, 3.8) is 0 Å². The molecule has 0 unspecified atom stereocenters. The number of rotatable bonds is 4. The first kappa shape index (κ1) is 29.5. The maximum atomic E-state index is 15.7. The summed E-state index contributed by atoms with van der Waals surface area (Å²) in [5, 5.41) is 12.5. The number of fused-ring (bicyclic) bond motifs is 4. The van der Waals surface area contributed by atoms with Gasteiger partial charge in [0.15, 0.2) is 16.1 Å². The Kier molecular flexibility index (Phi) is 6.15. The summed E-state index contributed by atoms with van der Waals surface area (Å²) < 4.78 is 0. The van der Waals surface area contributed by atoms with Crippen LogP contribution >= 0.6 is 0 Å². The van der Waals surface area contributed by atoms with Gasteiger partial charge < -0.3 is 0 Å². The van der Waals surface area contributed by atoms with Crippen LogP contribution < -0.4 is 51.3 Å². The van der Waals surface area contributed by atoms with Crippen molar-refractivity contribution in [2.24, 2.45) is 0 Å². The molecular formula is C47H32N2OSi2. The Hall–Kier alpha value is -6.28. The summed E-state index contributed by atoms with van der Waals surface area (Å²) >= 11 is 0. The van der Waals surface area contributed by atoms with Crippen LogP contribution in [0.1, 0.15) is 0 Å². The largest absolute Gasteiger partial charge is 0.338 e. The second kappa shape index (κ2) is 10.9. The summed E-state index contributed by atoms with van der Waals surface area (Å²) in [7, 11) is -5.84. The minimum atomic E-state index is -2.92. The van der Waals surface area contributed by atoms with E-state index >= 15 is 4.79 Å².